The molecule has 4 heteroatoms. The quantitative estimate of drug-likeness (QED) is 0.929. The lowest BCUT2D eigenvalue weighted by Crippen LogP contribution is -2.16. The van der Waals surface area contributed by atoms with Crippen LogP contribution in [0.4, 0.5) is 10.1 Å². The zero-order chi connectivity index (χ0) is 13.9. The number of anilines is 1. The number of hydrogen-bond donors (Lipinski definition) is 1. The van der Waals surface area contributed by atoms with E-state index in [2.05, 4.69) is 5.32 Å². The van der Waals surface area contributed by atoms with Crippen LogP contribution in [0.15, 0.2) is 48.5 Å². The normalized spacial score (nSPS) is 16.4. The lowest BCUT2D eigenvalue weighted by molar-refractivity contribution is -0.116. The molecule has 20 heavy (non-hydrogen) atoms. The zero-order valence-electron chi connectivity index (χ0n) is 10.8. The summed E-state index contributed by atoms with van der Waals surface area (Å²) in [6.07, 6.45) is 0.327. The fourth-order valence-corrected chi connectivity index (χ4v) is 2.40. The fourth-order valence-electron chi connectivity index (χ4n) is 2.40. The van der Waals surface area contributed by atoms with E-state index in [1.54, 1.807) is 12.1 Å². The predicted octanol–water partition coefficient (Wildman–Crippen LogP) is 3.33. The molecule has 0 saturated heterocycles. The van der Waals surface area contributed by atoms with Crippen molar-refractivity contribution in [1.29, 1.82) is 0 Å². The van der Waals surface area contributed by atoms with Crippen molar-refractivity contribution in [3.05, 3.63) is 59.9 Å². The lowest BCUT2D eigenvalue weighted by Gasteiger charge is -2.09. The highest BCUT2D eigenvalue weighted by molar-refractivity contribution is 5.91. The van der Waals surface area contributed by atoms with Crippen molar-refractivity contribution >= 4 is 11.6 Å². The molecule has 3 rings (SSSR count). The number of rotatable bonds is 3. The third kappa shape index (κ3) is 2.64. The summed E-state index contributed by atoms with van der Waals surface area (Å²) >= 11 is 0. The summed E-state index contributed by atoms with van der Waals surface area (Å²) in [5, 5.41) is 2.71. The topological polar surface area (TPSA) is 38.3 Å². The van der Waals surface area contributed by atoms with Gasteiger partial charge in [-0.3, -0.25) is 4.79 Å². The Bertz CT molecular complexity index is 642. The maximum Gasteiger partial charge on any atom is 0.225 e. The largest absolute Gasteiger partial charge is 0.493 e. The van der Waals surface area contributed by atoms with Crippen LogP contribution in [0.2, 0.25) is 0 Å². The Kier molecular flexibility index (Phi) is 3.37. The molecule has 2 aromatic carbocycles. The van der Waals surface area contributed by atoms with Gasteiger partial charge < -0.3 is 10.1 Å². The Labute approximate surface area is 116 Å². The van der Waals surface area contributed by atoms with Crippen molar-refractivity contribution in [2.24, 2.45) is 0 Å². The van der Waals surface area contributed by atoms with Crippen LogP contribution in [0.1, 0.15) is 17.9 Å². The number of amides is 1. The Morgan fingerprint density at radius 1 is 1.25 bits per heavy atom. The number of para-hydroxylation sites is 1. The minimum Gasteiger partial charge on any atom is -0.493 e. The van der Waals surface area contributed by atoms with Crippen LogP contribution < -0.4 is 10.1 Å². The second-order valence-corrected chi connectivity index (χ2v) is 4.81. The van der Waals surface area contributed by atoms with E-state index in [4.69, 9.17) is 4.74 Å². The fraction of sp³-hybridized carbons (Fsp3) is 0.188. The molecule has 0 fully saturated rings. The number of halogens is 1. The molecule has 0 aromatic heterocycles. The molecule has 1 atom stereocenters. The van der Waals surface area contributed by atoms with Gasteiger partial charge in [0.15, 0.2) is 0 Å². The van der Waals surface area contributed by atoms with E-state index in [0.717, 1.165) is 11.3 Å². The second kappa shape index (κ2) is 5.33. The molecule has 102 valence electrons. The molecule has 1 amide bonds. The van der Waals surface area contributed by atoms with Gasteiger partial charge in [0.2, 0.25) is 5.91 Å². The van der Waals surface area contributed by atoms with Crippen LogP contribution in [-0.2, 0) is 4.79 Å². The van der Waals surface area contributed by atoms with Gasteiger partial charge in [-0.15, -0.1) is 0 Å². The van der Waals surface area contributed by atoms with Gasteiger partial charge >= 0.3 is 0 Å². The first-order valence-electron chi connectivity index (χ1n) is 6.49. The van der Waals surface area contributed by atoms with Gasteiger partial charge in [0.05, 0.1) is 6.61 Å². The lowest BCUT2D eigenvalue weighted by atomic mass is 9.97. The predicted molar refractivity (Wildman–Crippen MR) is 74.3 cm³/mol. The minimum atomic E-state index is -0.364. The first-order chi connectivity index (χ1) is 9.72. The summed E-state index contributed by atoms with van der Waals surface area (Å²) in [7, 11) is 0. The van der Waals surface area contributed by atoms with Gasteiger partial charge in [-0.25, -0.2) is 4.39 Å². The third-order valence-corrected chi connectivity index (χ3v) is 3.34. The van der Waals surface area contributed by atoms with E-state index < -0.39 is 0 Å². The first kappa shape index (κ1) is 12.7. The van der Waals surface area contributed by atoms with Gasteiger partial charge in [-0.1, -0.05) is 24.3 Å². The molecule has 1 aliphatic rings. The Hall–Kier alpha value is -2.36. The molecule has 0 spiro atoms. The van der Waals surface area contributed by atoms with E-state index in [9.17, 15) is 9.18 Å². The van der Waals surface area contributed by atoms with Crippen molar-refractivity contribution in [2.75, 3.05) is 11.9 Å². The molecule has 0 saturated carbocycles. The third-order valence-electron chi connectivity index (χ3n) is 3.34. The van der Waals surface area contributed by atoms with Crippen LogP contribution in [0, 0.1) is 5.82 Å². The molecule has 0 radical (unpaired) electrons. The first-order valence-corrected chi connectivity index (χ1v) is 6.49. The number of hydrogen-bond acceptors (Lipinski definition) is 2. The van der Waals surface area contributed by atoms with Gasteiger partial charge in [0, 0.05) is 23.6 Å². The molecular weight excluding hydrogens is 257 g/mol. The van der Waals surface area contributed by atoms with E-state index in [1.165, 1.54) is 12.1 Å². The van der Waals surface area contributed by atoms with Crippen molar-refractivity contribution in [1.82, 2.24) is 0 Å². The molecule has 3 nitrogen and oxygen atoms in total. The molecular formula is C16H14FNO2. The van der Waals surface area contributed by atoms with Crippen molar-refractivity contribution < 1.29 is 13.9 Å². The van der Waals surface area contributed by atoms with Gasteiger partial charge in [0.25, 0.3) is 0 Å². The van der Waals surface area contributed by atoms with Crippen LogP contribution in [0.3, 0.4) is 0 Å². The van der Waals surface area contributed by atoms with E-state index in [-0.39, 0.29) is 17.6 Å². The molecule has 1 N–H and O–H groups in total. The Morgan fingerprint density at radius 2 is 2.10 bits per heavy atom. The number of benzene rings is 2. The summed E-state index contributed by atoms with van der Waals surface area (Å²) in [4.78, 5) is 12.0. The summed E-state index contributed by atoms with van der Waals surface area (Å²) in [6.45, 7) is 0.510. The van der Waals surface area contributed by atoms with Gasteiger partial charge in [-0.2, -0.15) is 0 Å². The molecule has 1 heterocycles. The average molecular weight is 271 g/mol. The van der Waals surface area contributed by atoms with Crippen molar-refractivity contribution in [2.45, 2.75) is 12.3 Å². The highest BCUT2D eigenvalue weighted by Gasteiger charge is 2.25. The summed E-state index contributed by atoms with van der Waals surface area (Å²) in [5.74, 6) is 0.397. The zero-order valence-corrected chi connectivity index (χ0v) is 10.8. The summed E-state index contributed by atoms with van der Waals surface area (Å²) < 4.78 is 18.6. The standard InChI is InChI=1S/C16H14FNO2/c17-12-4-3-5-13(9-12)18-16(19)8-11-10-20-15-7-2-1-6-14(11)15/h1-7,9,11H,8,10H2,(H,18,19). The summed E-state index contributed by atoms with van der Waals surface area (Å²) in [5.41, 5.74) is 1.53. The van der Waals surface area contributed by atoms with Crippen LogP contribution in [-0.4, -0.2) is 12.5 Å². The SMILES string of the molecule is O=C(CC1COc2ccccc21)Nc1cccc(F)c1. The summed E-state index contributed by atoms with van der Waals surface area (Å²) in [6, 6.07) is 13.6. The maximum absolute atomic E-state index is 13.0. The van der Waals surface area contributed by atoms with Crippen molar-refractivity contribution in [3.63, 3.8) is 0 Å². The number of carbonyl (C=O) groups is 1. The van der Waals surface area contributed by atoms with Crippen LogP contribution >= 0.6 is 0 Å². The number of fused-ring (bicyclic) bond motifs is 1. The molecule has 1 unspecified atom stereocenters. The highest BCUT2D eigenvalue weighted by atomic mass is 19.1. The molecule has 1 aliphatic heterocycles. The Morgan fingerprint density at radius 3 is 2.95 bits per heavy atom. The number of carbonyl (C=O) groups excluding carboxylic acids is 1. The van der Waals surface area contributed by atoms with Gasteiger partial charge in [0.1, 0.15) is 11.6 Å². The smallest absolute Gasteiger partial charge is 0.225 e. The van der Waals surface area contributed by atoms with Crippen LogP contribution in [0.25, 0.3) is 0 Å². The van der Waals surface area contributed by atoms with Gasteiger partial charge in [-0.05, 0) is 24.3 Å². The number of nitrogens with one attached hydrogen (secondary N) is 1. The maximum atomic E-state index is 13.0. The van der Waals surface area contributed by atoms with Crippen LogP contribution in [0.5, 0.6) is 5.75 Å². The number of ether oxygens (including phenoxy) is 1. The van der Waals surface area contributed by atoms with E-state index in [1.807, 2.05) is 24.3 Å². The minimum absolute atomic E-state index is 0.0553. The second-order valence-electron chi connectivity index (χ2n) is 4.81. The molecule has 0 aliphatic carbocycles. The monoisotopic (exact) mass is 271 g/mol. The Balaban J connectivity index is 1.66. The highest BCUT2D eigenvalue weighted by Crippen LogP contribution is 2.35. The molecule has 0 bridgehead atoms. The average Bonchev–Trinajstić information content (AvgIpc) is 2.82. The van der Waals surface area contributed by atoms with Crippen molar-refractivity contribution in [3.8, 4) is 5.75 Å². The van der Waals surface area contributed by atoms with E-state index >= 15 is 0 Å². The van der Waals surface area contributed by atoms with E-state index in [0.29, 0.717) is 18.7 Å². The molecule has 2 aromatic rings.